The number of carbonyl (C=O) groups excluding carboxylic acids is 1. The molecule has 0 atom stereocenters. The van der Waals surface area contributed by atoms with Gasteiger partial charge in [-0.15, -0.1) is 23.7 Å². The minimum absolute atomic E-state index is 0. The van der Waals surface area contributed by atoms with Crippen molar-refractivity contribution >= 4 is 39.9 Å². The molecular weight excluding hydrogens is 657 g/mol. The van der Waals surface area contributed by atoms with Gasteiger partial charge in [0.05, 0.1) is 19.0 Å². The van der Waals surface area contributed by atoms with Crippen molar-refractivity contribution in [2.75, 3.05) is 20.7 Å². The van der Waals surface area contributed by atoms with Crippen LogP contribution in [0.25, 0.3) is 20.7 Å². The van der Waals surface area contributed by atoms with Crippen LogP contribution in [-0.4, -0.2) is 36.1 Å². The molecule has 0 radical (unpaired) electrons. The van der Waals surface area contributed by atoms with Crippen LogP contribution in [0.3, 0.4) is 0 Å². The maximum atomic E-state index is 15.0. The summed E-state index contributed by atoms with van der Waals surface area (Å²) in [6, 6.07) is 34.6. The van der Waals surface area contributed by atoms with Gasteiger partial charge in [0.1, 0.15) is 22.0 Å². The first-order valence-electron chi connectivity index (χ1n) is 16.0. The molecule has 6 aromatic rings. The first-order valence-corrected chi connectivity index (χ1v) is 16.8. The fourth-order valence-corrected chi connectivity index (χ4v) is 7.26. The van der Waals surface area contributed by atoms with Crippen molar-refractivity contribution in [3.63, 3.8) is 0 Å². The molecule has 2 heterocycles. The molecule has 1 N–H and O–H groups in total. The summed E-state index contributed by atoms with van der Waals surface area (Å²) in [5, 5.41) is 3.46. The Morgan fingerprint density at radius 2 is 1.53 bits per heavy atom. The average Bonchev–Trinajstić information content (AvgIpc) is 3.49. The number of hydrogen-bond donors (Lipinski definition) is 1. The van der Waals surface area contributed by atoms with E-state index in [-0.39, 0.29) is 35.8 Å². The number of methoxy groups -OCH3 is 1. The Bertz CT molecular complexity index is 2070. The van der Waals surface area contributed by atoms with E-state index >= 15 is 0 Å². The molecule has 2 aromatic heterocycles. The highest BCUT2D eigenvalue weighted by atomic mass is 35.5. The highest BCUT2D eigenvalue weighted by Gasteiger charge is 2.24. The van der Waals surface area contributed by atoms with Gasteiger partial charge in [0.25, 0.3) is 5.91 Å². The summed E-state index contributed by atoms with van der Waals surface area (Å²) in [5.41, 5.74) is 4.30. The summed E-state index contributed by atoms with van der Waals surface area (Å²) in [4.78, 5) is 31.9. The monoisotopic (exact) mass is 695 g/mol. The van der Waals surface area contributed by atoms with Crippen LogP contribution in [0.1, 0.15) is 39.0 Å². The number of carbonyl (C=O) groups is 1. The second-order valence-electron chi connectivity index (χ2n) is 11.9. The summed E-state index contributed by atoms with van der Waals surface area (Å²) < 4.78 is 22.3. The number of ether oxygens (including phenoxy) is 1. The molecule has 9 heteroatoms. The predicted molar refractivity (Wildman–Crippen MR) is 200 cm³/mol. The van der Waals surface area contributed by atoms with Gasteiger partial charge >= 0.3 is 0 Å². The molecule has 252 valence electrons. The zero-order valence-electron chi connectivity index (χ0n) is 27.5. The van der Waals surface area contributed by atoms with Gasteiger partial charge in [0, 0.05) is 36.3 Å². The minimum atomic E-state index is -0.432. The maximum Gasteiger partial charge on any atom is 0.256 e. The fourth-order valence-electron chi connectivity index (χ4n) is 5.97. The molecule has 0 bridgehead atoms. The van der Waals surface area contributed by atoms with E-state index in [2.05, 4.69) is 34.5 Å². The smallest absolute Gasteiger partial charge is 0.256 e. The van der Waals surface area contributed by atoms with E-state index in [4.69, 9.17) is 4.74 Å². The number of rotatable bonds is 13. The lowest BCUT2D eigenvalue weighted by atomic mass is 10.0. The van der Waals surface area contributed by atoms with Gasteiger partial charge < -0.3 is 14.6 Å². The third kappa shape index (κ3) is 8.46. The molecule has 0 aliphatic heterocycles. The van der Waals surface area contributed by atoms with E-state index in [1.807, 2.05) is 72.3 Å². The number of thiophene rings is 1. The zero-order valence-corrected chi connectivity index (χ0v) is 29.2. The number of amides is 1. The van der Waals surface area contributed by atoms with Crippen LogP contribution >= 0.6 is 23.7 Å². The topological polar surface area (TPSA) is 63.6 Å². The van der Waals surface area contributed by atoms with Crippen molar-refractivity contribution in [1.82, 2.24) is 14.8 Å². The number of benzene rings is 4. The minimum Gasteiger partial charge on any atom is -0.497 e. The number of nitrogens with zero attached hydrogens (tertiary/aromatic N) is 2. The Morgan fingerprint density at radius 1 is 0.878 bits per heavy atom. The van der Waals surface area contributed by atoms with Gasteiger partial charge in [-0.1, -0.05) is 78.9 Å². The lowest BCUT2D eigenvalue weighted by molar-refractivity contribution is 0.0951. The quantitative estimate of drug-likeness (QED) is 0.123. The third-order valence-electron chi connectivity index (χ3n) is 8.40. The molecule has 0 aliphatic rings. The summed E-state index contributed by atoms with van der Waals surface area (Å²) in [7, 11) is 3.65. The molecule has 6 nitrogen and oxygen atoms in total. The number of hydrogen-bond acceptors (Lipinski definition) is 5. The maximum absolute atomic E-state index is 15.0. The molecule has 0 aliphatic carbocycles. The van der Waals surface area contributed by atoms with E-state index < -0.39 is 5.91 Å². The Balaban J connectivity index is 0.00000468. The third-order valence-corrected chi connectivity index (χ3v) is 9.71. The lowest BCUT2D eigenvalue weighted by Gasteiger charge is -2.18. The van der Waals surface area contributed by atoms with E-state index in [1.165, 1.54) is 23.0 Å². The molecule has 1 amide bonds. The second-order valence-corrected chi connectivity index (χ2v) is 12.9. The molecule has 4 aromatic carbocycles. The Kier molecular flexibility index (Phi) is 12.0. The summed E-state index contributed by atoms with van der Waals surface area (Å²) in [6.07, 6.45) is 3.14. The molecular formula is C40H39ClFN3O3S. The highest BCUT2D eigenvalue weighted by molar-refractivity contribution is 7.22. The first-order chi connectivity index (χ1) is 23.4. The molecule has 0 spiro atoms. The van der Waals surface area contributed by atoms with E-state index in [0.29, 0.717) is 35.4 Å². The second kappa shape index (κ2) is 16.6. The summed E-state index contributed by atoms with van der Waals surface area (Å²) in [6.45, 7) is 1.73. The first kappa shape index (κ1) is 35.5. The number of fused-ring (bicyclic) bond motifs is 1. The predicted octanol–water partition coefficient (Wildman–Crippen LogP) is 8.34. The van der Waals surface area contributed by atoms with Crippen LogP contribution in [0.2, 0.25) is 0 Å². The molecule has 0 saturated heterocycles. The van der Waals surface area contributed by atoms with Gasteiger partial charge in [-0.05, 0) is 72.5 Å². The number of pyridine rings is 1. The molecule has 6 rings (SSSR count). The van der Waals surface area contributed by atoms with Crippen LogP contribution in [0.4, 0.5) is 4.39 Å². The highest BCUT2D eigenvalue weighted by Crippen LogP contribution is 2.39. The number of aryl methyl sites for hydroxylation is 1. The van der Waals surface area contributed by atoms with Crippen molar-refractivity contribution in [1.29, 1.82) is 0 Å². The van der Waals surface area contributed by atoms with Gasteiger partial charge in [0.15, 0.2) is 0 Å². The van der Waals surface area contributed by atoms with E-state index in [1.54, 1.807) is 31.5 Å². The van der Waals surface area contributed by atoms with Crippen LogP contribution in [0.5, 0.6) is 5.75 Å². The Hall–Kier alpha value is -4.76. The van der Waals surface area contributed by atoms with E-state index in [0.717, 1.165) is 40.2 Å². The van der Waals surface area contributed by atoms with Gasteiger partial charge in [0.2, 0.25) is 5.43 Å². The van der Waals surface area contributed by atoms with Crippen LogP contribution in [-0.2, 0) is 26.1 Å². The number of aromatic nitrogens is 1. The number of halogens is 2. The van der Waals surface area contributed by atoms with Crippen LogP contribution in [0.15, 0.2) is 120 Å². The normalized spacial score (nSPS) is 11.0. The molecule has 0 unspecified atom stereocenters. The Labute approximate surface area is 296 Å². The number of nitrogens with one attached hydrogen (secondary N) is 1. The molecule has 0 fully saturated rings. The van der Waals surface area contributed by atoms with Crippen LogP contribution < -0.4 is 15.5 Å². The van der Waals surface area contributed by atoms with Crippen molar-refractivity contribution in [3.05, 3.63) is 159 Å². The van der Waals surface area contributed by atoms with Crippen molar-refractivity contribution < 1.29 is 13.9 Å². The van der Waals surface area contributed by atoms with Gasteiger partial charge in [-0.3, -0.25) is 14.5 Å². The van der Waals surface area contributed by atoms with Crippen molar-refractivity contribution in [3.8, 4) is 16.2 Å². The molecule has 49 heavy (non-hydrogen) atoms. The van der Waals surface area contributed by atoms with Gasteiger partial charge in [-0.2, -0.15) is 0 Å². The van der Waals surface area contributed by atoms with Crippen molar-refractivity contribution in [2.24, 2.45) is 0 Å². The standard InChI is InChI=1S/C40H38FN3O3S.ClH/c1-43(24-29-14-7-4-8-15-29)26-33-36-37(45)34(39(46)42-23-11-16-28-12-5-3-6-13-28)27-44(25-31-17-9-10-18-35(31)41)40(36)48-38(33)30-19-21-32(47-2)22-20-30;/h3-10,12-15,17-22,27H,11,16,23-26H2,1-2H3,(H,42,46);1H. The SMILES string of the molecule is COc1ccc(-c2sc3c(c2CN(C)Cc2ccccc2)c(=O)c(C(=O)NCCCc2ccccc2)cn3Cc2ccccc2F)cc1.Cl. The Morgan fingerprint density at radius 3 is 2.20 bits per heavy atom. The van der Waals surface area contributed by atoms with Gasteiger partial charge in [-0.25, -0.2) is 4.39 Å². The fraction of sp³-hybridized carbons (Fsp3) is 0.200. The summed E-state index contributed by atoms with van der Waals surface area (Å²) >= 11 is 1.49. The average molecular weight is 696 g/mol. The lowest BCUT2D eigenvalue weighted by Crippen LogP contribution is -2.31. The van der Waals surface area contributed by atoms with Crippen LogP contribution in [0, 0.1) is 5.82 Å². The largest absolute Gasteiger partial charge is 0.497 e. The zero-order chi connectivity index (χ0) is 33.5. The molecule has 0 saturated carbocycles. The van der Waals surface area contributed by atoms with E-state index in [9.17, 15) is 14.0 Å². The van der Waals surface area contributed by atoms with Crippen molar-refractivity contribution in [2.45, 2.75) is 32.5 Å². The summed E-state index contributed by atoms with van der Waals surface area (Å²) in [5.74, 6) is -0.0444.